The average molecular weight is 591 g/mol. The number of rotatable bonds is 14. The Labute approximate surface area is 254 Å². The first kappa shape index (κ1) is 38.8. The van der Waals surface area contributed by atoms with E-state index in [-0.39, 0.29) is 5.91 Å². The van der Waals surface area contributed by atoms with Crippen molar-refractivity contribution in [3.05, 3.63) is 54.1 Å². The molecule has 0 heterocycles. The average Bonchev–Trinajstić information content (AvgIpc) is 2.96. The number of carbonyl (C=O) groups is 1. The highest BCUT2D eigenvalue weighted by Gasteiger charge is 2.31. The van der Waals surface area contributed by atoms with Crippen LogP contribution in [0.15, 0.2) is 54.1 Å². The lowest BCUT2D eigenvalue weighted by atomic mass is 9.82. The molecule has 1 fully saturated rings. The number of amides is 1. The van der Waals surface area contributed by atoms with Gasteiger partial charge < -0.3 is 9.62 Å². The topological polar surface area (TPSA) is 49.4 Å². The second kappa shape index (κ2) is 22.4. The van der Waals surface area contributed by atoms with Gasteiger partial charge in [0.25, 0.3) is 0 Å². The lowest BCUT2D eigenvalue weighted by Crippen LogP contribution is -2.34. The fraction of sp³-hybridized carbons (Fsp3) is 0.657. The van der Waals surface area contributed by atoms with Crippen molar-refractivity contribution in [1.29, 1.82) is 0 Å². The van der Waals surface area contributed by atoms with Gasteiger partial charge in [-0.3, -0.25) is 4.79 Å². The molecule has 0 spiro atoms. The van der Waals surface area contributed by atoms with Crippen LogP contribution in [-0.4, -0.2) is 35.1 Å². The fourth-order valence-electron chi connectivity index (χ4n) is 4.94. The summed E-state index contributed by atoms with van der Waals surface area (Å²) >= 11 is 0. The molecule has 0 radical (unpaired) electrons. The van der Waals surface area contributed by atoms with Crippen LogP contribution in [0.5, 0.6) is 0 Å². The third-order valence-electron chi connectivity index (χ3n) is 7.26. The highest BCUT2D eigenvalue weighted by atomic mass is 32.2. The van der Waals surface area contributed by atoms with Crippen molar-refractivity contribution in [2.75, 3.05) is 16.6 Å². The number of allylic oxidation sites excluding steroid dienone is 2. The minimum absolute atomic E-state index is 0.119. The molecule has 6 heteroatoms. The van der Waals surface area contributed by atoms with Crippen LogP contribution >= 0.6 is 10.7 Å². The van der Waals surface area contributed by atoms with Gasteiger partial charge in [0, 0.05) is 24.0 Å². The first-order valence-electron chi connectivity index (χ1n) is 15.8. The van der Waals surface area contributed by atoms with E-state index in [1.165, 1.54) is 0 Å². The van der Waals surface area contributed by atoms with E-state index >= 15 is 0 Å². The number of para-hydroxylation sites is 1. The van der Waals surface area contributed by atoms with Gasteiger partial charge in [-0.05, 0) is 100 Å². The molecule has 1 atom stereocenters. The predicted molar refractivity (Wildman–Crippen MR) is 180 cm³/mol. The SMILES string of the molecule is C=C(C)/C(=C/C)CC(=O)NC(CCC)CCC.CC.CCCN(c1ccccc1)S(=C=O)CC1CCC(C)(F)CC1. The van der Waals surface area contributed by atoms with Gasteiger partial charge in [0.1, 0.15) is 5.67 Å². The Hall–Kier alpha value is -2.17. The molecule has 1 aromatic rings. The van der Waals surface area contributed by atoms with E-state index in [0.717, 1.165) is 74.1 Å². The van der Waals surface area contributed by atoms with Gasteiger partial charge in [-0.1, -0.05) is 83.9 Å². The first-order chi connectivity index (χ1) is 19.6. The minimum atomic E-state index is -1.01. The molecule has 1 amide bonds. The summed E-state index contributed by atoms with van der Waals surface area (Å²) in [6.07, 6.45) is 10.8. The van der Waals surface area contributed by atoms with E-state index in [0.29, 0.717) is 31.2 Å². The molecule has 1 aliphatic rings. The predicted octanol–water partition coefficient (Wildman–Crippen LogP) is 10.1. The summed E-state index contributed by atoms with van der Waals surface area (Å²) in [5, 5.41) is 5.38. The number of nitrogens with zero attached hydrogens (tertiary/aromatic N) is 1. The second-order valence-corrected chi connectivity index (χ2v) is 12.7. The number of nitrogens with one attached hydrogen (secondary N) is 1. The maximum Gasteiger partial charge on any atom is 0.224 e. The zero-order valence-corrected chi connectivity index (χ0v) is 28.2. The molecular weight excluding hydrogens is 531 g/mol. The van der Waals surface area contributed by atoms with Crippen molar-refractivity contribution in [1.82, 2.24) is 5.32 Å². The maximum absolute atomic E-state index is 13.9. The molecule has 4 nitrogen and oxygen atoms in total. The number of carbonyl (C=O) groups excluding carboxylic acids is 2. The molecule has 1 aliphatic carbocycles. The second-order valence-electron chi connectivity index (χ2n) is 11.0. The van der Waals surface area contributed by atoms with E-state index in [1.54, 1.807) is 6.92 Å². The Balaban J connectivity index is 0.000000761. The zero-order chi connectivity index (χ0) is 31.3. The zero-order valence-electron chi connectivity index (χ0n) is 27.4. The van der Waals surface area contributed by atoms with E-state index in [1.807, 2.05) is 64.1 Å². The van der Waals surface area contributed by atoms with Crippen molar-refractivity contribution in [3.8, 4) is 0 Å². The Morgan fingerprint density at radius 1 is 1.15 bits per heavy atom. The van der Waals surface area contributed by atoms with E-state index in [4.69, 9.17) is 0 Å². The van der Waals surface area contributed by atoms with Crippen LogP contribution in [0, 0.1) is 5.92 Å². The summed E-state index contributed by atoms with van der Waals surface area (Å²) in [5.41, 5.74) is 2.09. The van der Waals surface area contributed by atoms with Crippen LogP contribution in [0.1, 0.15) is 120 Å². The van der Waals surface area contributed by atoms with E-state index in [9.17, 15) is 14.0 Å². The third kappa shape index (κ3) is 16.2. The minimum Gasteiger partial charge on any atom is -0.353 e. The molecule has 0 aliphatic heterocycles. The summed E-state index contributed by atoms with van der Waals surface area (Å²) in [5.74, 6) is 1.37. The number of hydrogen-bond donors (Lipinski definition) is 1. The van der Waals surface area contributed by atoms with Crippen molar-refractivity contribution in [3.63, 3.8) is 0 Å². The first-order valence-corrected chi connectivity index (χ1v) is 17.2. The molecule has 234 valence electrons. The van der Waals surface area contributed by atoms with Crippen molar-refractivity contribution < 1.29 is 14.0 Å². The Kier molecular flexibility index (Phi) is 21.2. The molecule has 41 heavy (non-hydrogen) atoms. The van der Waals surface area contributed by atoms with Gasteiger partial charge in [-0.25, -0.2) is 9.18 Å². The number of anilines is 1. The van der Waals surface area contributed by atoms with Gasteiger partial charge in [-0.2, -0.15) is 0 Å². The highest BCUT2D eigenvalue weighted by Crippen LogP contribution is 2.38. The van der Waals surface area contributed by atoms with Crippen LogP contribution in [0.4, 0.5) is 10.1 Å². The van der Waals surface area contributed by atoms with Gasteiger partial charge >= 0.3 is 0 Å². The summed E-state index contributed by atoms with van der Waals surface area (Å²) in [6.45, 7) is 20.8. The van der Waals surface area contributed by atoms with Crippen molar-refractivity contribution in [2.24, 2.45) is 5.92 Å². The number of halogens is 1. The molecule has 0 bridgehead atoms. The van der Waals surface area contributed by atoms with Gasteiger partial charge in [0.05, 0.1) is 6.42 Å². The Bertz CT molecular complexity index is 938. The van der Waals surface area contributed by atoms with E-state index in [2.05, 4.69) is 42.2 Å². The molecule has 0 saturated heterocycles. The van der Waals surface area contributed by atoms with Crippen LogP contribution in [0.3, 0.4) is 0 Å². The maximum atomic E-state index is 13.9. The Morgan fingerprint density at radius 2 is 1.71 bits per heavy atom. The summed E-state index contributed by atoms with van der Waals surface area (Å²) in [4.78, 5) is 23.5. The van der Waals surface area contributed by atoms with E-state index < -0.39 is 16.3 Å². The highest BCUT2D eigenvalue weighted by molar-refractivity contribution is 8.15. The van der Waals surface area contributed by atoms with Crippen LogP contribution in [-0.2, 0) is 9.59 Å². The molecule has 1 aromatic carbocycles. The van der Waals surface area contributed by atoms with Crippen LogP contribution in [0.25, 0.3) is 0 Å². The summed E-state index contributed by atoms with van der Waals surface area (Å²) in [7, 11) is -0.537. The largest absolute Gasteiger partial charge is 0.353 e. The number of benzene rings is 1. The Morgan fingerprint density at radius 3 is 2.15 bits per heavy atom. The molecule has 1 N–H and O–H groups in total. The number of alkyl halides is 1. The molecule has 1 saturated carbocycles. The van der Waals surface area contributed by atoms with Crippen molar-refractivity contribution in [2.45, 2.75) is 131 Å². The summed E-state index contributed by atoms with van der Waals surface area (Å²) in [6, 6.07) is 10.4. The smallest absolute Gasteiger partial charge is 0.224 e. The monoisotopic (exact) mass is 590 g/mol. The van der Waals surface area contributed by atoms with Gasteiger partial charge in [0.15, 0.2) is 5.23 Å². The van der Waals surface area contributed by atoms with Gasteiger partial charge in [-0.15, -0.1) is 0 Å². The van der Waals surface area contributed by atoms with Crippen LogP contribution in [0.2, 0.25) is 0 Å². The normalized spacial score (nSPS) is 19.1. The van der Waals surface area contributed by atoms with Crippen molar-refractivity contribution >= 4 is 27.5 Å². The lowest BCUT2D eigenvalue weighted by Gasteiger charge is -2.33. The number of hydrogen-bond acceptors (Lipinski definition) is 3. The summed E-state index contributed by atoms with van der Waals surface area (Å²) < 4.78 is 16.1. The molecule has 2 rings (SSSR count). The quantitative estimate of drug-likeness (QED) is 0.173. The van der Waals surface area contributed by atoms with Gasteiger partial charge in [0.2, 0.25) is 5.91 Å². The fourth-order valence-corrected chi connectivity index (χ4v) is 6.84. The lowest BCUT2D eigenvalue weighted by molar-refractivity contribution is -0.121. The third-order valence-corrected chi connectivity index (χ3v) is 9.17. The van der Waals surface area contributed by atoms with Crippen LogP contribution < -0.4 is 9.62 Å². The standard InChI is InChI=1S/C18H26FNOS.C15H27NO.C2H6/c1-3-13-20(17-7-5-4-6-8-17)22(15-21)14-16-9-11-18(2,19)12-10-16;1-6-9-14(10-7-2)16-15(17)11-13(8-3)12(4)5;1-2/h4-8,16H,3,9-14H2,1-2H3;8,14H,4,6-7,9-11H2,1-3,5H3,(H,16,17);1-2H3/b;13-8+;. The molecule has 1 unspecified atom stereocenters. The molecular formula is C35H59FN2O2S. The molecule has 0 aromatic heterocycles.